The van der Waals surface area contributed by atoms with Crippen LogP contribution in [0.2, 0.25) is 0 Å². The minimum atomic E-state index is -3.94. The lowest BCUT2D eigenvalue weighted by atomic mass is 10.1. The largest absolute Gasteiger partial charge is 0.348 e. The van der Waals surface area contributed by atoms with Gasteiger partial charge in [0, 0.05) is 30.2 Å². The third-order valence-corrected chi connectivity index (χ3v) is 6.23. The van der Waals surface area contributed by atoms with Crippen molar-refractivity contribution in [3.05, 3.63) is 114 Å². The molecule has 9 heteroatoms. The Morgan fingerprint density at radius 2 is 1.70 bits per heavy atom. The third-order valence-electron chi connectivity index (χ3n) is 4.85. The molecule has 4 aromatic rings. The number of sulfonamides is 1. The molecule has 33 heavy (non-hydrogen) atoms. The maximum Gasteiger partial charge on any atom is 0.261 e. The molecule has 0 bridgehead atoms. The van der Waals surface area contributed by atoms with E-state index < -0.39 is 21.7 Å². The van der Waals surface area contributed by atoms with Crippen molar-refractivity contribution >= 4 is 21.6 Å². The lowest BCUT2D eigenvalue weighted by Crippen LogP contribution is -2.23. The first kappa shape index (κ1) is 22.2. The van der Waals surface area contributed by atoms with E-state index in [2.05, 4.69) is 15.1 Å². The Morgan fingerprint density at radius 1 is 0.939 bits per heavy atom. The topological polar surface area (TPSA) is 93.1 Å². The highest BCUT2D eigenvalue weighted by Crippen LogP contribution is 2.18. The summed E-state index contributed by atoms with van der Waals surface area (Å²) < 4.78 is 42.6. The number of rotatable bonds is 8. The smallest absolute Gasteiger partial charge is 0.261 e. The van der Waals surface area contributed by atoms with Crippen LogP contribution in [0.25, 0.3) is 0 Å². The van der Waals surface area contributed by atoms with Crippen molar-refractivity contribution < 1.29 is 17.6 Å². The van der Waals surface area contributed by atoms with Crippen LogP contribution in [0.1, 0.15) is 21.5 Å². The van der Waals surface area contributed by atoms with Crippen LogP contribution in [-0.2, 0) is 23.1 Å². The Bertz CT molecular complexity index is 1350. The molecule has 0 saturated heterocycles. The first-order chi connectivity index (χ1) is 15.9. The van der Waals surface area contributed by atoms with E-state index in [-0.39, 0.29) is 22.7 Å². The number of hydrogen-bond donors (Lipinski definition) is 2. The molecule has 0 atom stereocenters. The molecule has 2 N–H and O–H groups in total. The number of amides is 1. The second kappa shape index (κ2) is 9.66. The summed E-state index contributed by atoms with van der Waals surface area (Å²) in [5.74, 6) is -0.866. The van der Waals surface area contributed by atoms with Crippen molar-refractivity contribution in [3.63, 3.8) is 0 Å². The Morgan fingerprint density at radius 3 is 2.45 bits per heavy atom. The Labute approximate surface area is 190 Å². The van der Waals surface area contributed by atoms with Crippen LogP contribution in [0.15, 0.2) is 96.2 Å². The van der Waals surface area contributed by atoms with Gasteiger partial charge in [-0.05, 0) is 59.7 Å². The van der Waals surface area contributed by atoms with E-state index in [9.17, 15) is 17.6 Å². The summed E-state index contributed by atoms with van der Waals surface area (Å²) in [6.45, 7) is 0.909. The summed E-state index contributed by atoms with van der Waals surface area (Å²) in [6, 6.07) is 20.3. The maximum atomic E-state index is 13.1. The van der Waals surface area contributed by atoms with Crippen molar-refractivity contribution in [2.24, 2.45) is 0 Å². The van der Waals surface area contributed by atoms with E-state index in [0.717, 1.165) is 23.3 Å². The number of halogens is 1. The maximum absolute atomic E-state index is 13.1. The standard InChI is InChI=1S/C24H21FN4O3S/c25-21-8-10-22(11-9-21)28-33(31,32)23-7-2-6-20(15-23)24(30)26-16-18-4-1-5-19(14-18)17-29-13-3-12-27-29/h1-15,28H,16-17H2,(H,26,30). The van der Waals surface area contributed by atoms with Gasteiger partial charge < -0.3 is 5.32 Å². The van der Waals surface area contributed by atoms with Crippen LogP contribution in [0.5, 0.6) is 0 Å². The van der Waals surface area contributed by atoms with Crippen molar-refractivity contribution in [2.45, 2.75) is 18.0 Å². The van der Waals surface area contributed by atoms with Gasteiger partial charge in [0.2, 0.25) is 0 Å². The first-order valence-electron chi connectivity index (χ1n) is 10.1. The molecule has 1 heterocycles. The number of nitrogens with zero attached hydrogens (tertiary/aromatic N) is 2. The van der Waals surface area contributed by atoms with E-state index in [4.69, 9.17) is 0 Å². The van der Waals surface area contributed by atoms with E-state index in [1.54, 1.807) is 12.3 Å². The fourth-order valence-corrected chi connectivity index (χ4v) is 4.34. The zero-order valence-electron chi connectivity index (χ0n) is 17.5. The number of carbonyl (C=O) groups excluding carboxylic acids is 1. The molecule has 1 aromatic heterocycles. The van der Waals surface area contributed by atoms with Gasteiger partial charge >= 0.3 is 0 Å². The fraction of sp³-hybridized carbons (Fsp3) is 0.0833. The third kappa shape index (κ3) is 5.83. The summed E-state index contributed by atoms with van der Waals surface area (Å²) in [5, 5.41) is 7.01. The van der Waals surface area contributed by atoms with E-state index in [1.807, 2.05) is 41.2 Å². The van der Waals surface area contributed by atoms with Gasteiger partial charge in [0.05, 0.1) is 11.4 Å². The van der Waals surface area contributed by atoms with Crippen molar-refractivity contribution in [1.82, 2.24) is 15.1 Å². The van der Waals surface area contributed by atoms with Gasteiger partial charge in [-0.25, -0.2) is 12.8 Å². The molecular weight excluding hydrogens is 443 g/mol. The molecule has 0 aliphatic carbocycles. The Hall–Kier alpha value is -3.98. The molecule has 0 spiro atoms. The fourth-order valence-electron chi connectivity index (χ4n) is 3.24. The van der Waals surface area contributed by atoms with Gasteiger partial charge in [0.15, 0.2) is 0 Å². The molecule has 3 aromatic carbocycles. The Kier molecular flexibility index (Phi) is 6.50. The molecule has 0 aliphatic heterocycles. The molecule has 0 aliphatic rings. The molecule has 168 valence electrons. The minimum absolute atomic E-state index is 0.0688. The second-order valence-electron chi connectivity index (χ2n) is 7.35. The van der Waals surface area contributed by atoms with Crippen LogP contribution in [0, 0.1) is 5.82 Å². The predicted molar refractivity (Wildman–Crippen MR) is 123 cm³/mol. The van der Waals surface area contributed by atoms with Gasteiger partial charge in [-0.1, -0.05) is 30.3 Å². The number of carbonyl (C=O) groups is 1. The number of benzene rings is 3. The SMILES string of the molecule is O=C(NCc1cccc(Cn2cccn2)c1)c1cccc(S(=O)(=O)Nc2ccc(F)cc2)c1. The van der Waals surface area contributed by atoms with Gasteiger partial charge in [-0.2, -0.15) is 5.10 Å². The van der Waals surface area contributed by atoms with E-state index >= 15 is 0 Å². The predicted octanol–water partition coefficient (Wildman–Crippen LogP) is 3.80. The second-order valence-corrected chi connectivity index (χ2v) is 9.03. The highest BCUT2D eigenvalue weighted by atomic mass is 32.2. The molecule has 4 rings (SSSR count). The van der Waals surface area contributed by atoms with Crippen LogP contribution in [0.4, 0.5) is 10.1 Å². The van der Waals surface area contributed by atoms with Crippen LogP contribution >= 0.6 is 0 Å². The first-order valence-corrected chi connectivity index (χ1v) is 11.6. The van der Waals surface area contributed by atoms with Gasteiger partial charge in [-0.15, -0.1) is 0 Å². The molecule has 7 nitrogen and oxygen atoms in total. The monoisotopic (exact) mass is 464 g/mol. The summed E-state index contributed by atoms with van der Waals surface area (Å²) in [7, 11) is -3.94. The summed E-state index contributed by atoms with van der Waals surface area (Å²) in [6.07, 6.45) is 3.59. The van der Waals surface area contributed by atoms with Gasteiger partial charge in [0.1, 0.15) is 5.82 Å². The van der Waals surface area contributed by atoms with E-state index in [1.165, 1.54) is 30.3 Å². The number of anilines is 1. The lowest BCUT2D eigenvalue weighted by Gasteiger charge is -2.10. The minimum Gasteiger partial charge on any atom is -0.348 e. The van der Waals surface area contributed by atoms with Crippen molar-refractivity contribution in [2.75, 3.05) is 4.72 Å². The molecule has 0 fully saturated rings. The average molecular weight is 465 g/mol. The van der Waals surface area contributed by atoms with Crippen molar-refractivity contribution in [1.29, 1.82) is 0 Å². The normalized spacial score (nSPS) is 11.2. The summed E-state index contributed by atoms with van der Waals surface area (Å²) in [4.78, 5) is 12.6. The van der Waals surface area contributed by atoms with Crippen molar-refractivity contribution in [3.8, 4) is 0 Å². The number of aromatic nitrogens is 2. The highest BCUT2D eigenvalue weighted by Gasteiger charge is 2.16. The molecule has 0 saturated carbocycles. The zero-order valence-corrected chi connectivity index (χ0v) is 18.3. The lowest BCUT2D eigenvalue weighted by molar-refractivity contribution is 0.0950. The molecular formula is C24H21FN4O3S. The average Bonchev–Trinajstić information content (AvgIpc) is 3.32. The molecule has 0 radical (unpaired) electrons. The van der Waals surface area contributed by atoms with Crippen LogP contribution in [0.3, 0.4) is 0 Å². The molecule has 1 amide bonds. The van der Waals surface area contributed by atoms with Gasteiger partial charge in [-0.3, -0.25) is 14.2 Å². The quantitative estimate of drug-likeness (QED) is 0.415. The van der Waals surface area contributed by atoms with Crippen LogP contribution < -0.4 is 10.0 Å². The number of nitrogens with one attached hydrogen (secondary N) is 2. The zero-order chi connectivity index (χ0) is 23.3. The highest BCUT2D eigenvalue weighted by molar-refractivity contribution is 7.92. The molecule has 0 unspecified atom stereocenters. The Balaban J connectivity index is 1.42. The summed E-state index contributed by atoms with van der Waals surface area (Å²) in [5.41, 5.74) is 2.39. The van der Waals surface area contributed by atoms with Crippen LogP contribution in [-0.4, -0.2) is 24.1 Å². The summed E-state index contributed by atoms with van der Waals surface area (Å²) >= 11 is 0. The number of hydrogen-bond acceptors (Lipinski definition) is 4. The van der Waals surface area contributed by atoms with E-state index in [0.29, 0.717) is 6.54 Å². The van der Waals surface area contributed by atoms with Gasteiger partial charge in [0.25, 0.3) is 15.9 Å².